The van der Waals surface area contributed by atoms with E-state index >= 15 is 0 Å². The van der Waals surface area contributed by atoms with Gasteiger partial charge in [-0.25, -0.2) is 4.39 Å². The number of rotatable bonds is 6. The molecular weight excluding hydrogens is 335 g/mol. The van der Waals surface area contributed by atoms with Crippen LogP contribution in [0.1, 0.15) is 78.2 Å². The molecule has 1 aliphatic heterocycles. The lowest BCUT2D eigenvalue weighted by molar-refractivity contribution is 0.303. The Hall–Kier alpha value is -1.51. The highest BCUT2D eigenvalue weighted by atomic mass is 19.1. The standard InChI is InChI=1S/C18H26N2.C6H13F/c1-4-12(2)16-10-14-8-9-15(19-3)11-17(14)20-18(16)13-6-5-7-13;1-3-5-6(7)4-2/h8-9,11-12,16,19-20H,4-7,10H2,1-3H3;6H,3-5H2,1-2H3. The summed E-state index contributed by atoms with van der Waals surface area (Å²) in [7, 11) is 1.98. The lowest BCUT2D eigenvalue weighted by Gasteiger charge is -2.37. The van der Waals surface area contributed by atoms with E-state index in [0.29, 0.717) is 12.3 Å². The molecule has 1 saturated carbocycles. The highest BCUT2D eigenvalue weighted by molar-refractivity contribution is 5.66. The summed E-state index contributed by atoms with van der Waals surface area (Å²) in [5.41, 5.74) is 7.20. The maximum absolute atomic E-state index is 12.1. The Morgan fingerprint density at radius 2 is 1.93 bits per heavy atom. The van der Waals surface area contributed by atoms with Crippen molar-refractivity contribution < 1.29 is 4.39 Å². The van der Waals surface area contributed by atoms with Crippen molar-refractivity contribution in [3.63, 3.8) is 0 Å². The summed E-state index contributed by atoms with van der Waals surface area (Å²) >= 11 is 0. The number of fused-ring (bicyclic) bond motifs is 1. The van der Waals surface area contributed by atoms with E-state index < -0.39 is 6.17 Å². The van der Waals surface area contributed by atoms with Crippen LogP contribution in [0.15, 0.2) is 29.5 Å². The SMILES string of the molecule is CCC(C)C1Cc2ccc(NC)cc2NC1=C1CCC1.CCCC(F)CC. The van der Waals surface area contributed by atoms with Crippen molar-refractivity contribution in [2.45, 2.75) is 85.2 Å². The lowest BCUT2D eigenvalue weighted by Crippen LogP contribution is -2.29. The predicted octanol–water partition coefficient (Wildman–Crippen LogP) is 7.33. The van der Waals surface area contributed by atoms with E-state index in [0.717, 1.165) is 18.8 Å². The third-order valence-electron chi connectivity index (χ3n) is 6.19. The first-order valence-corrected chi connectivity index (χ1v) is 11.0. The van der Waals surface area contributed by atoms with E-state index in [-0.39, 0.29) is 0 Å². The number of benzene rings is 1. The maximum Gasteiger partial charge on any atom is 0.0998 e. The Labute approximate surface area is 166 Å². The summed E-state index contributed by atoms with van der Waals surface area (Å²) in [6.45, 7) is 8.59. The predicted molar refractivity (Wildman–Crippen MR) is 117 cm³/mol. The van der Waals surface area contributed by atoms with E-state index in [1.165, 1.54) is 49.0 Å². The van der Waals surface area contributed by atoms with Crippen molar-refractivity contribution in [2.24, 2.45) is 11.8 Å². The van der Waals surface area contributed by atoms with Gasteiger partial charge < -0.3 is 10.6 Å². The van der Waals surface area contributed by atoms with E-state index in [2.05, 4.69) is 42.7 Å². The zero-order chi connectivity index (χ0) is 19.8. The molecule has 3 atom stereocenters. The fraction of sp³-hybridized carbons (Fsp3) is 0.667. The third kappa shape index (κ3) is 5.73. The summed E-state index contributed by atoms with van der Waals surface area (Å²) in [5, 5.41) is 7.02. The minimum absolute atomic E-state index is 0.551. The summed E-state index contributed by atoms with van der Waals surface area (Å²) in [6.07, 6.45) is 8.25. The normalized spacial score (nSPS) is 20.4. The van der Waals surface area contributed by atoms with Crippen LogP contribution in [0, 0.1) is 11.8 Å². The second-order valence-corrected chi connectivity index (χ2v) is 8.11. The molecule has 1 aliphatic carbocycles. The van der Waals surface area contributed by atoms with Gasteiger partial charge in [-0.2, -0.15) is 0 Å². The van der Waals surface area contributed by atoms with Crippen molar-refractivity contribution in [3.8, 4) is 0 Å². The maximum atomic E-state index is 12.1. The first kappa shape index (κ1) is 21.8. The third-order valence-corrected chi connectivity index (χ3v) is 6.19. The number of nitrogens with one attached hydrogen (secondary N) is 2. The molecule has 0 amide bonds. The largest absolute Gasteiger partial charge is 0.388 e. The molecule has 1 aromatic rings. The van der Waals surface area contributed by atoms with Gasteiger partial charge in [-0.05, 0) is 62.1 Å². The van der Waals surface area contributed by atoms with Gasteiger partial charge in [0.2, 0.25) is 0 Å². The Balaban J connectivity index is 0.000000321. The number of halogens is 1. The molecule has 0 aromatic heterocycles. The molecule has 0 spiro atoms. The highest BCUT2D eigenvalue weighted by Crippen LogP contribution is 2.42. The van der Waals surface area contributed by atoms with Crippen LogP contribution in [0.5, 0.6) is 0 Å². The highest BCUT2D eigenvalue weighted by Gasteiger charge is 2.30. The average molecular weight is 375 g/mol. The van der Waals surface area contributed by atoms with Crippen LogP contribution in [0.25, 0.3) is 0 Å². The summed E-state index contributed by atoms with van der Waals surface area (Å²) in [5.74, 6) is 1.44. The van der Waals surface area contributed by atoms with Gasteiger partial charge >= 0.3 is 0 Å². The van der Waals surface area contributed by atoms with Crippen LogP contribution >= 0.6 is 0 Å². The molecule has 1 aromatic carbocycles. The molecule has 2 N–H and O–H groups in total. The molecule has 2 nitrogen and oxygen atoms in total. The molecule has 3 heteroatoms. The van der Waals surface area contributed by atoms with Crippen LogP contribution in [0.4, 0.5) is 15.8 Å². The van der Waals surface area contributed by atoms with Gasteiger partial charge in [0.25, 0.3) is 0 Å². The molecule has 3 rings (SSSR count). The number of allylic oxidation sites excluding steroid dienone is 2. The Kier molecular flexibility index (Phi) is 8.66. The molecule has 152 valence electrons. The van der Waals surface area contributed by atoms with Crippen LogP contribution in [-0.4, -0.2) is 13.2 Å². The first-order valence-electron chi connectivity index (χ1n) is 11.0. The molecule has 0 radical (unpaired) electrons. The van der Waals surface area contributed by atoms with E-state index in [9.17, 15) is 4.39 Å². The van der Waals surface area contributed by atoms with Gasteiger partial charge in [-0.15, -0.1) is 0 Å². The summed E-state index contributed by atoms with van der Waals surface area (Å²) in [6, 6.07) is 6.73. The van der Waals surface area contributed by atoms with E-state index in [1.54, 1.807) is 11.3 Å². The molecule has 0 bridgehead atoms. The smallest absolute Gasteiger partial charge is 0.0998 e. The van der Waals surface area contributed by atoms with Crippen LogP contribution in [0.3, 0.4) is 0 Å². The zero-order valence-electron chi connectivity index (χ0n) is 18.0. The van der Waals surface area contributed by atoms with Crippen molar-refractivity contribution in [1.82, 2.24) is 0 Å². The van der Waals surface area contributed by atoms with Gasteiger partial charge in [0.15, 0.2) is 0 Å². The Bertz CT molecular complexity index is 617. The number of anilines is 2. The van der Waals surface area contributed by atoms with Gasteiger partial charge in [-0.3, -0.25) is 0 Å². The van der Waals surface area contributed by atoms with Gasteiger partial charge in [0.05, 0.1) is 6.17 Å². The molecule has 1 fully saturated rings. The first-order chi connectivity index (χ1) is 13.0. The number of hydrogen-bond donors (Lipinski definition) is 2. The zero-order valence-corrected chi connectivity index (χ0v) is 18.0. The minimum Gasteiger partial charge on any atom is -0.388 e. The molecular formula is C24H39FN2. The summed E-state index contributed by atoms with van der Waals surface area (Å²) in [4.78, 5) is 0. The van der Waals surface area contributed by atoms with Crippen molar-refractivity contribution >= 4 is 11.4 Å². The number of hydrogen-bond acceptors (Lipinski definition) is 2. The van der Waals surface area contributed by atoms with Crippen LogP contribution in [0.2, 0.25) is 0 Å². The summed E-state index contributed by atoms with van der Waals surface area (Å²) < 4.78 is 12.1. The molecule has 1 heterocycles. The fourth-order valence-corrected chi connectivity index (χ4v) is 3.86. The van der Waals surface area contributed by atoms with Crippen LogP contribution < -0.4 is 10.6 Å². The quantitative estimate of drug-likeness (QED) is 0.544. The Morgan fingerprint density at radius 3 is 2.41 bits per heavy atom. The van der Waals surface area contributed by atoms with Crippen molar-refractivity contribution in [1.29, 1.82) is 0 Å². The second-order valence-electron chi connectivity index (χ2n) is 8.11. The Morgan fingerprint density at radius 1 is 1.19 bits per heavy atom. The van der Waals surface area contributed by atoms with Crippen molar-refractivity contribution in [2.75, 3.05) is 17.7 Å². The fourth-order valence-electron chi connectivity index (χ4n) is 3.86. The van der Waals surface area contributed by atoms with E-state index in [4.69, 9.17) is 0 Å². The van der Waals surface area contributed by atoms with Gasteiger partial charge in [-0.1, -0.05) is 52.2 Å². The topological polar surface area (TPSA) is 24.1 Å². The van der Waals surface area contributed by atoms with E-state index in [1.807, 2.05) is 20.9 Å². The molecule has 2 aliphatic rings. The second kappa shape index (κ2) is 10.7. The van der Waals surface area contributed by atoms with Crippen LogP contribution in [-0.2, 0) is 6.42 Å². The molecule has 3 unspecified atom stereocenters. The van der Waals surface area contributed by atoms with Gasteiger partial charge in [0, 0.05) is 30.0 Å². The lowest BCUT2D eigenvalue weighted by atomic mass is 9.76. The van der Waals surface area contributed by atoms with Crippen molar-refractivity contribution in [3.05, 3.63) is 35.0 Å². The number of alkyl halides is 1. The molecule has 27 heavy (non-hydrogen) atoms. The monoisotopic (exact) mass is 374 g/mol. The molecule has 0 saturated heterocycles. The van der Waals surface area contributed by atoms with Gasteiger partial charge in [0.1, 0.15) is 0 Å². The minimum atomic E-state index is -0.551. The average Bonchev–Trinajstić information content (AvgIpc) is 2.65.